The van der Waals surface area contributed by atoms with Crippen LogP contribution in [0.25, 0.3) is 10.1 Å². The molecule has 1 amide bonds. The molecular weight excluding hydrogens is 436 g/mol. The van der Waals surface area contributed by atoms with Gasteiger partial charge in [-0.3, -0.25) is 4.79 Å². The van der Waals surface area contributed by atoms with Crippen LogP contribution in [-0.4, -0.2) is 44.3 Å². The maximum atomic E-state index is 12.7. The molecule has 0 unspecified atom stereocenters. The van der Waals surface area contributed by atoms with Crippen LogP contribution in [0, 0.1) is 0 Å². The summed E-state index contributed by atoms with van der Waals surface area (Å²) in [7, 11) is -3.66. The fourth-order valence-electron chi connectivity index (χ4n) is 3.14. The van der Waals surface area contributed by atoms with Crippen molar-refractivity contribution in [2.24, 2.45) is 0 Å². The van der Waals surface area contributed by atoms with Crippen LogP contribution in [0.15, 0.2) is 53.4 Å². The Hall–Kier alpha value is -2.75. The first-order chi connectivity index (χ1) is 14.8. The Morgan fingerprint density at radius 3 is 2.45 bits per heavy atom. The summed E-state index contributed by atoms with van der Waals surface area (Å²) in [5, 5.41) is 3.60. The van der Waals surface area contributed by atoms with Crippen molar-refractivity contribution < 1.29 is 22.7 Å². The molecule has 1 N–H and O–H groups in total. The first-order valence-corrected chi connectivity index (χ1v) is 12.2. The van der Waals surface area contributed by atoms with Crippen LogP contribution < -0.4 is 5.32 Å². The van der Waals surface area contributed by atoms with E-state index >= 15 is 0 Å². The second-order valence-electron chi connectivity index (χ2n) is 6.66. The Morgan fingerprint density at radius 1 is 1.03 bits per heavy atom. The molecule has 3 aromatic rings. The Bertz CT molecular complexity index is 1210. The summed E-state index contributed by atoms with van der Waals surface area (Å²) in [4.78, 5) is 25.3. The van der Waals surface area contributed by atoms with Crippen molar-refractivity contribution in [1.29, 1.82) is 0 Å². The van der Waals surface area contributed by atoms with E-state index in [2.05, 4.69) is 5.32 Å². The SMILES string of the molecule is CCOC(=O)c1cc2cc(NC(=O)c3cccc(S(=O)(=O)N(CC)CC)c3)ccc2s1. The number of sulfonamides is 1. The van der Waals surface area contributed by atoms with E-state index in [-0.39, 0.29) is 16.4 Å². The topological polar surface area (TPSA) is 92.8 Å². The number of hydrogen-bond donors (Lipinski definition) is 1. The van der Waals surface area contributed by atoms with Crippen molar-refractivity contribution in [3.05, 3.63) is 59.0 Å². The third-order valence-corrected chi connectivity index (χ3v) is 7.83. The largest absolute Gasteiger partial charge is 0.462 e. The van der Waals surface area contributed by atoms with Gasteiger partial charge in [0.25, 0.3) is 5.91 Å². The van der Waals surface area contributed by atoms with Gasteiger partial charge in [0.15, 0.2) is 0 Å². The molecule has 0 saturated carbocycles. The lowest BCUT2D eigenvalue weighted by molar-refractivity contribution is 0.0532. The average Bonchev–Trinajstić information content (AvgIpc) is 3.18. The quantitative estimate of drug-likeness (QED) is 0.504. The average molecular weight is 461 g/mol. The van der Waals surface area contributed by atoms with Crippen LogP contribution in [0.1, 0.15) is 40.8 Å². The highest BCUT2D eigenvalue weighted by molar-refractivity contribution is 7.89. The highest BCUT2D eigenvalue weighted by Gasteiger charge is 2.22. The lowest BCUT2D eigenvalue weighted by Crippen LogP contribution is -2.30. The number of hydrogen-bond acceptors (Lipinski definition) is 6. The first-order valence-electron chi connectivity index (χ1n) is 9.92. The maximum absolute atomic E-state index is 12.7. The van der Waals surface area contributed by atoms with E-state index in [4.69, 9.17) is 4.74 Å². The van der Waals surface area contributed by atoms with Gasteiger partial charge < -0.3 is 10.1 Å². The van der Waals surface area contributed by atoms with Crippen LogP contribution in [-0.2, 0) is 14.8 Å². The number of esters is 1. The van der Waals surface area contributed by atoms with E-state index in [9.17, 15) is 18.0 Å². The van der Waals surface area contributed by atoms with Crippen molar-refractivity contribution in [3.63, 3.8) is 0 Å². The molecule has 0 fully saturated rings. The number of ether oxygens (including phenoxy) is 1. The number of fused-ring (bicyclic) bond motifs is 1. The molecule has 0 radical (unpaired) electrons. The lowest BCUT2D eigenvalue weighted by Gasteiger charge is -2.18. The van der Waals surface area contributed by atoms with E-state index in [0.29, 0.717) is 30.3 Å². The van der Waals surface area contributed by atoms with Gasteiger partial charge in [0.2, 0.25) is 10.0 Å². The molecular formula is C22H24N2O5S2. The van der Waals surface area contributed by atoms with Gasteiger partial charge in [-0.05, 0) is 54.8 Å². The Kier molecular flexibility index (Phi) is 7.09. The number of anilines is 1. The van der Waals surface area contributed by atoms with Crippen molar-refractivity contribution >= 4 is 49.0 Å². The van der Waals surface area contributed by atoms with E-state index in [0.717, 1.165) is 10.1 Å². The Balaban J connectivity index is 1.83. The molecule has 9 heteroatoms. The normalized spacial score (nSPS) is 11.6. The van der Waals surface area contributed by atoms with E-state index in [1.54, 1.807) is 51.1 Å². The summed E-state index contributed by atoms with van der Waals surface area (Å²) >= 11 is 1.32. The summed E-state index contributed by atoms with van der Waals surface area (Å²) in [6.45, 7) is 6.29. The van der Waals surface area contributed by atoms with Gasteiger partial charge in [0.05, 0.1) is 11.5 Å². The van der Waals surface area contributed by atoms with Crippen molar-refractivity contribution in [2.75, 3.05) is 25.0 Å². The number of carbonyl (C=O) groups excluding carboxylic acids is 2. The monoisotopic (exact) mass is 460 g/mol. The number of nitrogens with zero attached hydrogens (tertiary/aromatic N) is 1. The lowest BCUT2D eigenvalue weighted by atomic mass is 10.2. The van der Waals surface area contributed by atoms with E-state index in [1.807, 2.05) is 6.07 Å². The molecule has 1 aromatic heterocycles. The fraction of sp³-hybridized carbons (Fsp3) is 0.273. The molecule has 0 aliphatic heterocycles. The second-order valence-corrected chi connectivity index (χ2v) is 9.68. The summed E-state index contributed by atoms with van der Waals surface area (Å²) in [5.41, 5.74) is 0.786. The van der Waals surface area contributed by atoms with Crippen LogP contribution in [0.5, 0.6) is 0 Å². The number of thiophene rings is 1. The first kappa shape index (κ1) is 22.9. The predicted octanol–water partition coefficient (Wildman–Crippen LogP) is 4.36. The van der Waals surface area contributed by atoms with Gasteiger partial charge in [-0.15, -0.1) is 11.3 Å². The van der Waals surface area contributed by atoms with Crippen molar-refractivity contribution in [3.8, 4) is 0 Å². The molecule has 31 heavy (non-hydrogen) atoms. The van der Waals surface area contributed by atoms with Gasteiger partial charge in [-0.2, -0.15) is 4.31 Å². The van der Waals surface area contributed by atoms with Gasteiger partial charge in [0, 0.05) is 29.0 Å². The minimum absolute atomic E-state index is 0.0798. The molecule has 0 bridgehead atoms. The summed E-state index contributed by atoms with van der Waals surface area (Å²) < 4.78 is 32.7. The molecule has 1 heterocycles. The van der Waals surface area contributed by atoms with Crippen LogP contribution >= 0.6 is 11.3 Å². The zero-order valence-corrected chi connectivity index (χ0v) is 19.2. The van der Waals surface area contributed by atoms with Crippen LogP contribution in [0.4, 0.5) is 5.69 Å². The van der Waals surface area contributed by atoms with Crippen molar-refractivity contribution in [1.82, 2.24) is 4.31 Å². The van der Waals surface area contributed by atoms with E-state index in [1.165, 1.54) is 27.8 Å². The van der Waals surface area contributed by atoms with Crippen LogP contribution in [0.3, 0.4) is 0 Å². The molecule has 7 nitrogen and oxygen atoms in total. The zero-order valence-electron chi connectivity index (χ0n) is 17.5. The summed E-state index contributed by atoms with van der Waals surface area (Å²) in [6, 6.07) is 13.0. The molecule has 0 aliphatic carbocycles. The van der Waals surface area contributed by atoms with Crippen molar-refractivity contribution in [2.45, 2.75) is 25.7 Å². The molecule has 3 rings (SSSR count). The Morgan fingerprint density at radius 2 is 1.77 bits per heavy atom. The van der Waals surface area contributed by atoms with Gasteiger partial charge in [-0.25, -0.2) is 13.2 Å². The smallest absolute Gasteiger partial charge is 0.348 e. The molecule has 164 valence electrons. The standard InChI is InChI=1S/C22H24N2O5S2/c1-4-24(5-2)31(27,28)18-9-7-8-15(13-18)21(25)23-17-10-11-19-16(12-17)14-20(30-19)22(26)29-6-3/h7-14H,4-6H2,1-3H3,(H,23,25). The van der Waals surface area contributed by atoms with E-state index < -0.39 is 15.9 Å². The number of amides is 1. The fourth-order valence-corrected chi connectivity index (χ4v) is 5.58. The molecule has 2 aromatic carbocycles. The predicted molar refractivity (Wildman–Crippen MR) is 122 cm³/mol. The van der Waals surface area contributed by atoms with Gasteiger partial charge >= 0.3 is 5.97 Å². The number of nitrogens with one attached hydrogen (secondary N) is 1. The highest BCUT2D eigenvalue weighted by Crippen LogP contribution is 2.29. The number of rotatable bonds is 8. The van der Waals surface area contributed by atoms with Crippen LogP contribution in [0.2, 0.25) is 0 Å². The number of benzene rings is 2. The third kappa shape index (κ3) is 4.95. The molecule has 0 aliphatic rings. The maximum Gasteiger partial charge on any atom is 0.348 e. The zero-order chi connectivity index (χ0) is 22.6. The Labute approximate surface area is 185 Å². The molecule has 0 atom stereocenters. The molecule has 0 spiro atoms. The minimum Gasteiger partial charge on any atom is -0.462 e. The van der Waals surface area contributed by atoms with Gasteiger partial charge in [-0.1, -0.05) is 19.9 Å². The minimum atomic E-state index is -3.66. The second kappa shape index (κ2) is 9.59. The number of carbonyl (C=O) groups is 2. The third-order valence-electron chi connectivity index (χ3n) is 4.69. The summed E-state index contributed by atoms with van der Waals surface area (Å²) in [5.74, 6) is -0.794. The van der Waals surface area contributed by atoms with Gasteiger partial charge in [0.1, 0.15) is 4.88 Å². The summed E-state index contributed by atoms with van der Waals surface area (Å²) in [6.07, 6.45) is 0. The highest BCUT2D eigenvalue weighted by atomic mass is 32.2. The molecule has 0 saturated heterocycles.